The predicted molar refractivity (Wildman–Crippen MR) is 87.1 cm³/mol. The third-order valence-corrected chi connectivity index (χ3v) is 3.85. The van der Waals surface area contributed by atoms with Crippen LogP contribution in [0.4, 0.5) is 5.13 Å². The van der Waals surface area contributed by atoms with Gasteiger partial charge >= 0.3 is 0 Å². The average Bonchev–Trinajstić information content (AvgIpc) is 2.82. The van der Waals surface area contributed by atoms with E-state index in [0.29, 0.717) is 23.3 Å². The first kappa shape index (κ1) is 16.2. The number of aryl methyl sites for hydroxylation is 2. The number of rotatable bonds is 6. The van der Waals surface area contributed by atoms with Crippen molar-refractivity contribution in [3.05, 3.63) is 34.3 Å². The van der Waals surface area contributed by atoms with Crippen LogP contribution in [0.25, 0.3) is 0 Å². The van der Waals surface area contributed by atoms with Gasteiger partial charge in [-0.05, 0) is 37.1 Å². The van der Waals surface area contributed by atoms with Crippen molar-refractivity contribution < 1.29 is 9.53 Å². The monoisotopic (exact) mass is 320 g/mol. The van der Waals surface area contributed by atoms with E-state index >= 15 is 0 Å². The fourth-order valence-electron chi connectivity index (χ4n) is 2.04. The Balaban J connectivity index is 1.79. The number of nitrogens with two attached hydrogens (primary N) is 1. The Kier molecular flexibility index (Phi) is 5.32. The van der Waals surface area contributed by atoms with E-state index in [9.17, 15) is 4.79 Å². The number of hydrogen-bond donors (Lipinski definition) is 1. The summed E-state index contributed by atoms with van der Waals surface area (Å²) in [5.41, 5.74) is 7.82. The van der Waals surface area contributed by atoms with Crippen LogP contribution in [-0.2, 0) is 11.2 Å². The molecule has 0 saturated heterocycles. The highest BCUT2D eigenvalue weighted by Gasteiger charge is 2.12. The summed E-state index contributed by atoms with van der Waals surface area (Å²) in [6, 6.07) is 6.06. The quantitative estimate of drug-likeness (QED) is 0.878. The van der Waals surface area contributed by atoms with Crippen molar-refractivity contribution in [3.8, 4) is 5.75 Å². The van der Waals surface area contributed by atoms with E-state index in [-0.39, 0.29) is 12.3 Å². The zero-order valence-electron chi connectivity index (χ0n) is 13.0. The Hall–Kier alpha value is -2.15. The smallest absolute Gasteiger partial charge is 0.229 e. The third-order valence-electron chi connectivity index (χ3n) is 3.10. The van der Waals surface area contributed by atoms with Crippen molar-refractivity contribution in [3.63, 3.8) is 0 Å². The molecule has 0 fully saturated rings. The van der Waals surface area contributed by atoms with Crippen molar-refractivity contribution in [2.24, 2.45) is 0 Å². The Labute approximate surface area is 133 Å². The van der Waals surface area contributed by atoms with Crippen LogP contribution >= 0.6 is 11.3 Å². The van der Waals surface area contributed by atoms with Gasteiger partial charge in [-0.2, -0.15) is 0 Å². The summed E-state index contributed by atoms with van der Waals surface area (Å²) in [6.45, 7) is 5.02. The maximum Gasteiger partial charge on any atom is 0.229 e. The van der Waals surface area contributed by atoms with Gasteiger partial charge in [0, 0.05) is 7.05 Å². The van der Waals surface area contributed by atoms with Crippen LogP contribution in [0.15, 0.2) is 18.2 Å². The molecule has 1 heterocycles. The Morgan fingerprint density at radius 2 is 1.95 bits per heavy atom. The molecule has 0 spiro atoms. The SMILES string of the molecule is Cc1cc(C)cc(OCCN(C)C(=O)Cc2nnc(N)s2)c1. The molecule has 2 N–H and O–H groups in total. The first-order valence-electron chi connectivity index (χ1n) is 6.97. The number of carbonyl (C=O) groups excluding carboxylic acids is 1. The van der Waals surface area contributed by atoms with E-state index in [1.807, 2.05) is 26.0 Å². The second kappa shape index (κ2) is 7.22. The Morgan fingerprint density at radius 1 is 1.27 bits per heavy atom. The lowest BCUT2D eigenvalue weighted by atomic mass is 10.1. The van der Waals surface area contributed by atoms with Crippen molar-refractivity contribution in [2.45, 2.75) is 20.3 Å². The van der Waals surface area contributed by atoms with Crippen LogP contribution in [0.2, 0.25) is 0 Å². The summed E-state index contributed by atoms with van der Waals surface area (Å²) in [5, 5.41) is 8.56. The van der Waals surface area contributed by atoms with E-state index in [1.54, 1.807) is 11.9 Å². The van der Waals surface area contributed by atoms with Crippen LogP contribution in [0.1, 0.15) is 16.1 Å². The van der Waals surface area contributed by atoms with Gasteiger partial charge in [-0.25, -0.2) is 0 Å². The lowest BCUT2D eigenvalue weighted by molar-refractivity contribution is -0.129. The first-order valence-corrected chi connectivity index (χ1v) is 7.78. The number of benzene rings is 1. The zero-order valence-corrected chi connectivity index (χ0v) is 13.8. The molecule has 0 bridgehead atoms. The van der Waals surface area contributed by atoms with Crippen LogP contribution < -0.4 is 10.5 Å². The Morgan fingerprint density at radius 3 is 2.55 bits per heavy atom. The topological polar surface area (TPSA) is 81.3 Å². The number of ether oxygens (including phenoxy) is 1. The zero-order chi connectivity index (χ0) is 16.1. The van der Waals surface area contributed by atoms with Crippen LogP contribution in [0.3, 0.4) is 0 Å². The third kappa shape index (κ3) is 4.70. The summed E-state index contributed by atoms with van der Waals surface area (Å²) in [7, 11) is 1.75. The molecule has 0 aliphatic heterocycles. The molecule has 22 heavy (non-hydrogen) atoms. The molecule has 1 aromatic heterocycles. The minimum Gasteiger partial charge on any atom is -0.492 e. The molecule has 1 aromatic carbocycles. The minimum absolute atomic E-state index is 0.0276. The largest absolute Gasteiger partial charge is 0.492 e. The van der Waals surface area contributed by atoms with Gasteiger partial charge in [0.1, 0.15) is 17.4 Å². The van der Waals surface area contributed by atoms with Gasteiger partial charge in [-0.3, -0.25) is 4.79 Å². The van der Waals surface area contributed by atoms with Crippen LogP contribution in [0.5, 0.6) is 5.75 Å². The van der Waals surface area contributed by atoms with Crippen molar-refractivity contribution in [1.82, 2.24) is 15.1 Å². The summed E-state index contributed by atoms with van der Waals surface area (Å²) in [4.78, 5) is 13.7. The minimum atomic E-state index is -0.0276. The van der Waals surface area contributed by atoms with Crippen LogP contribution in [0, 0.1) is 13.8 Å². The van der Waals surface area contributed by atoms with Gasteiger partial charge in [0.2, 0.25) is 11.0 Å². The summed E-state index contributed by atoms with van der Waals surface area (Å²) in [6.07, 6.45) is 0.217. The molecule has 0 aliphatic carbocycles. The van der Waals surface area contributed by atoms with E-state index < -0.39 is 0 Å². The molecule has 0 atom stereocenters. The predicted octanol–water partition coefficient (Wildman–Crippen LogP) is 1.82. The molecule has 0 aliphatic rings. The van der Waals surface area contributed by atoms with Crippen molar-refractivity contribution >= 4 is 22.4 Å². The number of likely N-dealkylation sites (N-methyl/N-ethyl adjacent to an activating group) is 1. The number of nitrogen functional groups attached to an aromatic ring is 1. The van der Waals surface area contributed by atoms with E-state index in [0.717, 1.165) is 16.9 Å². The molecule has 6 nitrogen and oxygen atoms in total. The first-order chi connectivity index (χ1) is 10.4. The van der Waals surface area contributed by atoms with E-state index in [4.69, 9.17) is 10.5 Å². The molecule has 2 aromatic rings. The summed E-state index contributed by atoms with van der Waals surface area (Å²) in [5.74, 6) is 0.801. The maximum atomic E-state index is 12.0. The van der Waals surface area contributed by atoms with Gasteiger partial charge in [-0.1, -0.05) is 17.4 Å². The van der Waals surface area contributed by atoms with Crippen molar-refractivity contribution in [1.29, 1.82) is 0 Å². The normalized spacial score (nSPS) is 10.5. The number of anilines is 1. The molecule has 0 radical (unpaired) electrons. The van der Waals surface area contributed by atoms with Crippen molar-refractivity contribution in [2.75, 3.05) is 25.9 Å². The number of hydrogen-bond acceptors (Lipinski definition) is 6. The Bertz CT molecular complexity index is 636. The highest BCUT2D eigenvalue weighted by Crippen LogP contribution is 2.16. The van der Waals surface area contributed by atoms with Gasteiger partial charge in [0.25, 0.3) is 0 Å². The van der Waals surface area contributed by atoms with Gasteiger partial charge in [-0.15, -0.1) is 10.2 Å². The fourth-order valence-corrected chi connectivity index (χ4v) is 2.64. The average molecular weight is 320 g/mol. The van der Waals surface area contributed by atoms with Crippen LogP contribution in [-0.4, -0.2) is 41.2 Å². The lowest BCUT2D eigenvalue weighted by Gasteiger charge is -2.17. The molecule has 2 rings (SSSR count). The number of amides is 1. The highest BCUT2D eigenvalue weighted by molar-refractivity contribution is 7.15. The molecule has 0 saturated carbocycles. The van der Waals surface area contributed by atoms with Gasteiger partial charge in [0.15, 0.2) is 0 Å². The van der Waals surface area contributed by atoms with Gasteiger partial charge in [0.05, 0.1) is 13.0 Å². The molecular formula is C15H20N4O2S. The molecule has 118 valence electrons. The standard InChI is InChI=1S/C15H20N4O2S/c1-10-6-11(2)8-12(7-10)21-5-4-19(3)14(20)9-13-17-18-15(16)22-13/h6-8H,4-5,9H2,1-3H3,(H2,16,18). The maximum absolute atomic E-state index is 12.0. The number of aromatic nitrogens is 2. The molecule has 7 heteroatoms. The molecule has 1 amide bonds. The highest BCUT2D eigenvalue weighted by atomic mass is 32.1. The fraction of sp³-hybridized carbons (Fsp3) is 0.400. The second-order valence-corrected chi connectivity index (χ2v) is 6.29. The van der Waals surface area contributed by atoms with E-state index in [1.165, 1.54) is 11.3 Å². The second-order valence-electron chi connectivity index (χ2n) is 5.20. The number of carbonyl (C=O) groups is 1. The lowest BCUT2D eigenvalue weighted by Crippen LogP contribution is -2.32. The summed E-state index contributed by atoms with van der Waals surface area (Å²) >= 11 is 1.23. The molecule has 0 unspecified atom stereocenters. The van der Waals surface area contributed by atoms with Gasteiger partial charge < -0.3 is 15.4 Å². The summed E-state index contributed by atoms with van der Waals surface area (Å²) < 4.78 is 5.70. The number of nitrogens with zero attached hydrogens (tertiary/aromatic N) is 3. The van der Waals surface area contributed by atoms with E-state index in [2.05, 4.69) is 16.3 Å². The molecular weight excluding hydrogens is 300 g/mol.